The van der Waals surface area contributed by atoms with Gasteiger partial charge in [0.25, 0.3) is 5.24 Å². The molecule has 3 nitrogen and oxygen atoms in total. The second kappa shape index (κ2) is 7.85. The van der Waals surface area contributed by atoms with E-state index < -0.39 is 5.24 Å². The highest BCUT2D eigenvalue weighted by atomic mass is 35.5. The van der Waals surface area contributed by atoms with Gasteiger partial charge in [-0.3, -0.25) is 4.79 Å². The van der Waals surface area contributed by atoms with E-state index in [-0.39, 0.29) is 0 Å². The normalized spacial score (nSPS) is 10.8. The van der Waals surface area contributed by atoms with E-state index in [2.05, 4.69) is 11.9 Å². The maximum Gasteiger partial charge on any atom is 0.253 e. The monoisotopic (exact) mass is 373 g/mol. The minimum Gasteiger partial charge on any atom is -0.494 e. The topological polar surface area (TPSA) is 39.2 Å². The standard InChI is InChI=1S/C20H17Cl2NO2/c1-2-3-11-25-14-9-7-13(8-10-14)18-12-16(20(22)24)15-5-4-6-17(21)19(15)23-18/h4-10,12H,2-3,11H2,1H3. The summed E-state index contributed by atoms with van der Waals surface area (Å²) in [6.45, 7) is 2.82. The van der Waals surface area contributed by atoms with Crippen molar-refractivity contribution in [3.63, 3.8) is 0 Å². The van der Waals surface area contributed by atoms with Gasteiger partial charge in [0.2, 0.25) is 0 Å². The van der Waals surface area contributed by atoms with Gasteiger partial charge >= 0.3 is 0 Å². The zero-order valence-electron chi connectivity index (χ0n) is 13.8. The van der Waals surface area contributed by atoms with E-state index in [0.29, 0.717) is 33.8 Å². The number of benzene rings is 2. The van der Waals surface area contributed by atoms with Gasteiger partial charge in [-0.05, 0) is 54.4 Å². The van der Waals surface area contributed by atoms with Crippen molar-refractivity contribution < 1.29 is 9.53 Å². The lowest BCUT2D eigenvalue weighted by Gasteiger charge is -2.09. The van der Waals surface area contributed by atoms with Crippen molar-refractivity contribution in [3.05, 3.63) is 59.1 Å². The molecule has 0 saturated heterocycles. The van der Waals surface area contributed by atoms with Crippen LogP contribution in [0.3, 0.4) is 0 Å². The zero-order valence-corrected chi connectivity index (χ0v) is 15.3. The third kappa shape index (κ3) is 3.94. The molecule has 3 aromatic rings. The Morgan fingerprint density at radius 1 is 1.16 bits per heavy atom. The van der Waals surface area contributed by atoms with Crippen LogP contribution in [-0.4, -0.2) is 16.8 Å². The molecule has 1 aromatic heterocycles. The van der Waals surface area contributed by atoms with Crippen molar-refractivity contribution in [2.75, 3.05) is 6.61 Å². The van der Waals surface area contributed by atoms with Crippen molar-refractivity contribution in [3.8, 4) is 17.0 Å². The third-order valence-electron chi connectivity index (χ3n) is 3.92. The highest BCUT2D eigenvalue weighted by Crippen LogP contribution is 2.30. The summed E-state index contributed by atoms with van der Waals surface area (Å²) in [4.78, 5) is 16.4. The summed E-state index contributed by atoms with van der Waals surface area (Å²) in [5, 5.41) is 0.601. The highest BCUT2D eigenvalue weighted by Gasteiger charge is 2.14. The lowest BCUT2D eigenvalue weighted by atomic mass is 10.0. The van der Waals surface area contributed by atoms with Gasteiger partial charge in [0.1, 0.15) is 5.75 Å². The first-order chi connectivity index (χ1) is 12.1. The number of rotatable bonds is 6. The number of hydrogen-bond donors (Lipinski definition) is 0. The average Bonchev–Trinajstić information content (AvgIpc) is 2.62. The van der Waals surface area contributed by atoms with Crippen molar-refractivity contribution in [2.24, 2.45) is 0 Å². The van der Waals surface area contributed by atoms with E-state index in [1.807, 2.05) is 24.3 Å². The second-order valence-corrected chi connectivity index (χ2v) is 6.44. The summed E-state index contributed by atoms with van der Waals surface area (Å²) in [6, 6.07) is 14.6. The Balaban J connectivity index is 2.01. The van der Waals surface area contributed by atoms with Crippen LogP contribution in [0.1, 0.15) is 30.1 Å². The molecule has 3 rings (SSSR count). The van der Waals surface area contributed by atoms with E-state index in [9.17, 15) is 4.79 Å². The Morgan fingerprint density at radius 2 is 1.92 bits per heavy atom. The molecule has 0 radical (unpaired) electrons. The molecule has 0 unspecified atom stereocenters. The van der Waals surface area contributed by atoms with Gasteiger partial charge in [0.05, 0.1) is 22.8 Å². The minimum absolute atomic E-state index is 0.396. The van der Waals surface area contributed by atoms with Crippen LogP contribution in [0.4, 0.5) is 0 Å². The van der Waals surface area contributed by atoms with Crippen LogP contribution in [0.25, 0.3) is 22.2 Å². The summed E-state index contributed by atoms with van der Waals surface area (Å²) in [5.41, 5.74) is 2.47. The van der Waals surface area contributed by atoms with Crippen molar-refractivity contribution in [1.82, 2.24) is 4.98 Å². The summed E-state index contributed by atoms with van der Waals surface area (Å²) in [5.74, 6) is 0.810. The number of halogens is 2. The Bertz CT molecular complexity index is 907. The van der Waals surface area contributed by atoms with Crippen LogP contribution >= 0.6 is 23.2 Å². The first kappa shape index (κ1) is 17.7. The minimum atomic E-state index is -0.532. The molecule has 2 aromatic carbocycles. The SMILES string of the molecule is CCCCOc1ccc(-c2cc(C(=O)Cl)c3cccc(Cl)c3n2)cc1. The number of pyridine rings is 1. The molecular weight excluding hydrogens is 357 g/mol. The van der Waals surface area contributed by atoms with Crippen LogP contribution in [0.2, 0.25) is 5.02 Å². The van der Waals surface area contributed by atoms with E-state index in [1.54, 1.807) is 24.3 Å². The maximum absolute atomic E-state index is 11.8. The predicted molar refractivity (Wildman–Crippen MR) is 103 cm³/mol. The van der Waals surface area contributed by atoms with Crippen molar-refractivity contribution >= 4 is 39.3 Å². The fourth-order valence-corrected chi connectivity index (χ4v) is 2.95. The van der Waals surface area contributed by atoms with Crippen LogP contribution in [0, 0.1) is 0 Å². The largest absolute Gasteiger partial charge is 0.494 e. The molecular formula is C20H17Cl2NO2. The first-order valence-electron chi connectivity index (χ1n) is 8.12. The van der Waals surface area contributed by atoms with E-state index in [0.717, 1.165) is 24.2 Å². The zero-order chi connectivity index (χ0) is 17.8. The first-order valence-corrected chi connectivity index (χ1v) is 8.88. The Labute approximate surface area is 156 Å². The lowest BCUT2D eigenvalue weighted by Crippen LogP contribution is -1.97. The number of hydrogen-bond acceptors (Lipinski definition) is 3. The summed E-state index contributed by atoms with van der Waals surface area (Å²) < 4.78 is 5.67. The summed E-state index contributed by atoms with van der Waals surface area (Å²) in [6.07, 6.45) is 2.11. The molecule has 0 bridgehead atoms. The van der Waals surface area contributed by atoms with E-state index >= 15 is 0 Å². The highest BCUT2D eigenvalue weighted by molar-refractivity contribution is 6.68. The number of aromatic nitrogens is 1. The van der Waals surface area contributed by atoms with Gasteiger partial charge in [-0.25, -0.2) is 4.98 Å². The van der Waals surface area contributed by atoms with Gasteiger partial charge in [-0.2, -0.15) is 0 Å². The molecule has 0 N–H and O–H groups in total. The lowest BCUT2D eigenvalue weighted by molar-refractivity contribution is 0.108. The number of carbonyl (C=O) groups is 1. The van der Waals surface area contributed by atoms with Crippen LogP contribution in [0.15, 0.2) is 48.5 Å². The molecule has 0 atom stereocenters. The maximum atomic E-state index is 11.8. The molecule has 0 aliphatic rings. The summed E-state index contributed by atoms with van der Waals surface area (Å²) in [7, 11) is 0. The Morgan fingerprint density at radius 3 is 2.60 bits per heavy atom. The number of carbonyl (C=O) groups excluding carboxylic acids is 1. The van der Waals surface area contributed by atoms with Gasteiger partial charge in [-0.15, -0.1) is 0 Å². The third-order valence-corrected chi connectivity index (χ3v) is 4.43. The molecule has 0 amide bonds. The Kier molecular flexibility index (Phi) is 5.57. The number of nitrogens with zero attached hydrogens (tertiary/aromatic N) is 1. The quantitative estimate of drug-likeness (QED) is 0.386. The molecule has 0 aliphatic carbocycles. The predicted octanol–water partition coefficient (Wildman–Crippen LogP) is 6.11. The Hall–Kier alpha value is -2.10. The number of unbranched alkanes of at least 4 members (excludes halogenated alkanes) is 1. The molecule has 0 spiro atoms. The second-order valence-electron chi connectivity index (χ2n) is 5.69. The van der Waals surface area contributed by atoms with Crippen LogP contribution in [-0.2, 0) is 0 Å². The fourth-order valence-electron chi connectivity index (χ4n) is 2.58. The van der Waals surface area contributed by atoms with Gasteiger partial charge in [-0.1, -0.05) is 37.1 Å². The van der Waals surface area contributed by atoms with E-state index in [4.69, 9.17) is 27.9 Å². The average molecular weight is 374 g/mol. The molecule has 0 fully saturated rings. The molecule has 25 heavy (non-hydrogen) atoms. The van der Waals surface area contributed by atoms with Crippen molar-refractivity contribution in [1.29, 1.82) is 0 Å². The van der Waals surface area contributed by atoms with Gasteiger partial charge in [0.15, 0.2) is 0 Å². The van der Waals surface area contributed by atoms with Gasteiger partial charge < -0.3 is 4.74 Å². The number of fused-ring (bicyclic) bond motifs is 1. The molecule has 128 valence electrons. The van der Waals surface area contributed by atoms with Gasteiger partial charge in [0, 0.05) is 16.5 Å². The molecule has 1 heterocycles. The molecule has 0 aliphatic heterocycles. The number of ether oxygens (including phenoxy) is 1. The van der Waals surface area contributed by atoms with E-state index in [1.165, 1.54) is 0 Å². The smallest absolute Gasteiger partial charge is 0.253 e. The van der Waals surface area contributed by atoms with Crippen LogP contribution in [0.5, 0.6) is 5.75 Å². The van der Waals surface area contributed by atoms with Crippen LogP contribution < -0.4 is 4.74 Å². The summed E-state index contributed by atoms with van der Waals surface area (Å²) >= 11 is 12.0. The molecule has 5 heteroatoms. The number of para-hydroxylation sites is 1. The fraction of sp³-hybridized carbons (Fsp3) is 0.200. The van der Waals surface area contributed by atoms with Crippen molar-refractivity contribution in [2.45, 2.75) is 19.8 Å². The molecule has 0 saturated carbocycles.